The maximum absolute atomic E-state index is 12.8. The molecule has 0 aromatic heterocycles. The van der Waals surface area contributed by atoms with Gasteiger partial charge in [0, 0.05) is 54.9 Å². The molecular formula is C28H42N6O8. The van der Waals surface area contributed by atoms with Crippen molar-refractivity contribution in [1.82, 2.24) is 16.0 Å². The van der Waals surface area contributed by atoms with E-state index in [1.165, 1.54) is 18.2 Å². The van der Waals surface area contributed by atoms with E-state index in [4.69, 9.17) is 20.5 Å². The number of benzene rings is 1. The van der Waals surface area contributed by atoms with E-state index in [2.05, 4.69) is 26.0 Å². The van der Waals surface area contributed by atoms with E-state index in [0.717, 1.165) is 12.8 Å². The summed E-state index contributed by atoms with van der Waals surface area (Å²) in [6.45, 7) is 1.44. The number of unbranched alkanes of at least 4 members (excludes halogenated alkanes) is 6. The molecule has 3 amide bonds. The second-order valence-electron chi connectivity index (χ2n) is 9.63. The fourth-order valence-electron chi connectivity index (χ4n) is 3.85. The van der Waals surface area contributed by atoms with Gasteiger partial charge in [0.15, 0.2) is 0 Å². The zero-order valence-corrected chi connectivity index (χ0v) is 23.9. The van der Waals surface area contributed by atoms with Crippen LogP contribution in [-0.4, -0.2) is 72.7 Å². The topological polar surface area (TPSA) is 220 Å². The number of nitrogens with zero attached hydrogens (tertiary/aromatic N) is 3. The average Bonchev–Trinajstić information content (AvgIpc) is 2.95. The molecule has 0 aliphatic heterocycles. The van der Waals surface area contributed by atoms with Crippen LogP contribution in [0.3, 0.4) is 0 Å². The Hall–Kier alpha value is -4.32. The van der Waals surface area contributed by atoms with Crippen molar-refractivity contribution in [2.24, 2.45) is 5.11 Å². The van der Waals surface area contributed by atoms with Gasteiger partial charge in [-0.2, -0.15) is 0 Å². The first kappa shape index (κ1) is 35.7. The van der Waals surface area contributed by atoms with Crippen LogP contribution in [-0.2, 0) is 14.4 Å². The smallest absolute Gasteiger partial charge is 0.303 e. The highest BCUT2D eigenvalue weighted by Gasteiger charge is 2.14. The quantitative estimate of drug-likeness (QED) is 0.0514. The Morgan fingerprint density at radius 3 is 1.74 bits per heavy atom. The predicted molar refractivity (Wildman–Crippen MR) is 154 cm³/mol. The normalized spacial score (nSPS) is 10.3. The number of rotatable bonds is 24. The molecule has 0 aliphatic rings. The lowest BCUT2D eigenvalue weighted by atomic mass is 10.1. The second-order valence-corrected chi connectivity index (χ2v) is 9.63. The first-order valence-corrected chi connectivity index (χ1v) is 14.3. The zero-order chi connectivity index (χ0) is 31.0. The Kier molecular flexibility index (Phi) is 19.0. The molecule has 0 unspecified atom stereocenters. The minimum atomic E-state index is -0.861. The molecule has 0 saturated carbocycles. The van der Waals surface area contributed by atoms with Crippen molar-refractivity contribution in [3.8, 4) is 5.75 Å². The Bertz CT molecular complexity index is 1020. The second kappa shape index (κ2) is 22.4. The molecule has 0 bridgehead atoms. The van der Waals surface area contributed by atoms with Crippen LogP contribution in [0.15, 0.2) is 23.3 Å². The number of aliphatic carboxylic acids is 2. The van der Waals surface area contributed by atoms with Crippen LogP contribution in [0.4, 0.5) is 0 Å². The molecule has 42 heavy (non-hydrogen) atoms. The molecule has 0 heterocycles. The van der Waals surface area contributed by atoms with Gasteiger partial charge in [0.2, 0.25) is 5.91 Å². The Morgan fingerprint density at radius 2 is 1.21 bits per heavy atom. The number of azide groups is 1. The van der Waals surface area contributed by atoms with Crippen LogP contribution in [0.2, 0.25) is 0 Å². The highest BCUT2D eigenvalue weighted by molar-refractivity contribution is 6.00. The Morgan fingerprint density at radius 1 is 0.690 bits per heavy atom. The van der Waals surface area contributed by atoms with Crippen molar-refractivity contribution in [1.29, 1.82) is 0 Å². The SMILES string of the molecule is [N-]=[N+]=NCCCCCC(=O)NCCOc1cc(C(=O)NCCCCCC(=O)O)cc(C(=O)NCCCCCC(=O)O)c1. The third kappa shape index (κ3) is 18.1. The van der Waals surface area contributed by atoms with Gasteiger partial charge in [0.25, 0.3) is 11.8 Å². The highest BCUT2D eigenvalue weighted by Crippen LogP contribution is 2.18. The summed E-state index contributed by atoms with van der Waals surface area (Å²) in [5, 5.41) is 29.2. The monoisotopic (exact) mass is 590 g/mol. The third-order valence-corrected chi connectivity index (χ3v) is 6.06. The molecule has 1 rings (SSSR count). The number of amides is 3. The standard InChI is InChI=1S/C28H42N6O8/c29-34-33-15-9-1-4-10-24(35)30-16-17-42-23-19-21(27(40)31-13-7-2-5-11-25(36)37)18-22(20-23)28(41)32-14-8-3-6-12-26(38)39/h18-20H,1-17H2,(H,30,35)(H,31,40)(H,32,41)(H,36,37)(H,38,39). The van der Waals surface area contributed by atoms with Gasteiger partial charge in [-0.05, 0) is 62.3 Å². The van der Waals surface area contributed by atoms with E-state index in [9.17, 15) is 24.0 Å². The largest absolute Gasteiger partial charge is 0.492 e. The lowest BCUT2D eigenvalue weighted by molar-refractivity contribution is -0.138. The molecule has 5 N–H and O–H groups in total. The third-order valence-electron chi connectivity index (χ3n) is 6.06. The van der Waals surface area contributed by atoms with E-state index in [1.807, 2.05) is 0 Å². The van der Waals surface area contributed by atoms with Crippen molar-refractivity contribution >= 4 is 29.7 Å². The lowest BCUT2D eigenvalue weighted by Gasteiger charge is -2.13. The number of carbonyl (C=O) groups excluding carboxylic acids is 3. The molecule has 1 aromatic carbocycles. The average molecular weight is 591 g/mol. The van der Waals surface area contributed by atoms with Crippen LogP contribution in [0.5, 0.6) is 5.75 Å². The van der Waals surface area contributed by atoms with Crippen molar-refractivity contribution in [2.75, 3.05) is 32.8 Å². The number of carbonyl (C=O) groups is 5. The molecule has 0 spiro atoms. The summed E-state index contributed by atoms with van der Waals surface area (Å²) in [6, 6.07) is 4.47. The maximum Gasteiger partial charge on any atom is 0.303 e. The molecule has 1 aromatic rings. The van der Waals surface area contributed by atoms with Gasteiger partial charge in [-0.3, -0.25) is 24.0 Å². The van der Waals surface area contributed by atoms with Gasteiger partial charge in [-0.1, -0.05) is 24.4 Å². The Balaban J connectivity index is 2.66. The minimum Gasteiger partial charge on any atom is -0.492 e. The fourth-order valence-corrected chi connectivity index (χ4v) is 3.85. The van der Waals surface area contributed by atoms with E-state index in [-0.39, 0.29) is 48.8 Å². The van der Waals surface area contributed by atoms with Crippen molar-refractivity contribution in [3.05, 3.63) is 39.8 Å². The highest BCUT2D eigenvalue weighted by atomic mass is 16.5. The van der Waals surface area contributed by atoms with E-state index < -0.39 is 23.8 Å². The van der Waals surface area contributed by atoms with Gasteiger partial charge in [-0.15, -0.1) is 0 Å². The van der Waals surface area contributed by atoms with Crippen LogP contribution >= 0.6 is 0 Å². The summed E-state index contributed by atoms with van der Waals surface area (Å²) < 4.78 is 5.74. The van der Waals surface area contributed by atoms with Crippen LogP contribution in [0.25, 0.3) is 10.4 Å². The van der Waals surface area contributed by atoms with Crippen LogP contribution < -0.4 is 20.7 Å². The number of nitrogens with one attached hydrogen (secondary N) is 3. The molecule has 0 radical (unpaired) electrons. The predicted octanol–water partition coefficient (Wildman–Crippen LogP) is 3.80. The summed E-state index contributed by atoms with van der Waals surface area (Å²) >= 11 is 0. The maximum atomic E-state index is 12.8. The van der Waals surface area contributed by atoms with E-state index >= 15 is 0 Å². The summed E-state index contributed by atoms with van der Waals surface area (Å²) in [5.41, 5.74) is 8.69. The van der Waals surface area contributed by atoms with Crippen molar-refractivity contribution in [2.45, 2.75) is 77.0 Å². The zero-order valence-electron chi connectivity index (χ0n) is 23.9. The summed E-state index contributed by atoms with van der Waals surface area (Å²) in [6.07, 6.45) is 6.19. The minimum absolute atomic E-state index is 0.0741. The van der Waals surface area contributed by atoms with Gasteiger partial charge in [0.05, 0.1) is 6.54 Å². The van der Waals surface area contributed by atoms with Gasteiger partial charge < -0.3 is 30.9 Å². The molecule has 14 nitrogen and oxygen atoms in total. The molecule has 0 atom stereocenters. The number of ether oxygens (including phenoxy) is 1. The number of carboxylic acids is 2. The van der Waals surface area contributed by atoms with E-state index in [1.54, 1.807) is 0 Å². The van der Waals surface area contributed by atoms with Gasteiger partial charge in [0.1, 0.15) is 12.4 Å². The molecule has 232 valence electrons. The number of hydrogen-bond acceptors (Lipinski definition) is 7. The molecule has 0 saturated heterocycles. The molecular weight excluding hydrogens is 548 g/mol. The van der Waals surface area contributed by atoms with Crippen LogP contribution in [0, 0.1) is 0 Å². The number of hydrogen-bond donors (Lipinski definition) is 5. The Labute approximate surface area is 245 Å². The molecule has 0 aliphatic carbocycles. The summed E-state index contributed by atoms with van der Waals surface area (Å²) in [4.78, 5) is 61.5. The summed E-state index contributed by atoms with van der Waals surface area (Å²) in [5.74, 6) is -2.39. The first-order valence-electron chi connectivity index (χ1n) is 14.3. The van der Waals surface area contributed by atoms with E-state index in [0.29, 0.717) is 71.0 Å². The first-order chi connectivity index (χ1) is 20.2. The molecule has 0 fully saturated rings. The number of carboxylic acid groups (broad SMARTS) is 2. The lowest BCUT2D eigenvalue weighted by Crippen LogP contribution is -2.28. The van der Waals surface area contributed by atoms with Crippen molar-refractivity contribution < 1.29 is 38.9 Å². The fraction of sp³-hybridized carbons (Fsp3) is 0.607. The molecule has 14 heteroatoms. The van der Waals surface area contributed by atoms with Gasteiger partial charge >= 0.3 is 11.9 Å². The summed E-state index contributed by atoms with van der Waals surface area (Å²) in [7, 11) is 0. The van der Waals surface area contributed by atoms with Crippen molar-refractivity contribution in [3.63, 3.8) is 0 Å². The van der Waals surface area contributed by atoms with Gasteiger partial charge in [-0.25, -0.2) is 0 Å². The van der Waals surface area contributed by atoms with Crippen LogP contribution in [0.1, 0.15) is 97.8 Å².